The monoisotopic (exact) mass is 387 g/mol. The number of benzene rings is 1. The van der Waals surface area contributed by atoms with Crippen LogP contribution in [0.15, 0.2) is 17.1 Å². The number of carboxylic acids is 1. The van der Waals surface area contributed by atoms with Gasteiger partial charge in [-0.15, -0.1) is 0 Å². The molecule has 2 aromatic rings. The molecule has 7 nitrogen and oxygen atoms in total. The number of aromatic carboxylic acids is 1. The minimum Gasteiger partial charge on any atom is -0.492 e. The van der Waals surface area contributed by atoms with Gasteiger partial charge in [0.05, 0.1) is 18.0 Å². The highest BCUT2D eigenvalue weighted by molar-refractivity contribution is 5.97. The highest BCUT2D eigenvalue weighted by Gasteiger charge is 2.44. The topological polar surface area (TPSA) is 75.0 Å². The van der Waals surface area contributed by atoms with E-state index in [4.69, 9.17) is 4.74 Å². The van der Waals surface area contributed by atoms with Crippen LogP contribution in [0.1, 0.15) is 35.7 Å². The van der Waals surface area contributed by atoms with Gasteiger partial charge in [0.1, 0.15) is 11.3 Å². The van der Waals surface area contributed by atoms with Crippen LogP contribution in [-0.4, -0.2) is 59.9 Å². The molecule has 1 saturated carbocycles. The number of anilines is 1. The Labute approximate surface area is 160 Å². The van der Waals surface area contributed by atoms with E-state index in [1.54, 1.807) is 4.57 Å². The number of ether oxygens (including phenoxy) is 1. The number of hydrogen-bond acceptors (Lipinski definition) is 5. The summed E-state index contributed by atoms with van der Waals surface area (Å²) in [6, 6.07) is 1.88. The summed E-state index contributed by atoms with van der Waals surface area (Å²) in [5.74, 6) is -1.52. The number of hydrogen-bond donors (Lipinski definition) is 1. The molecule has 5 rings (SSSR count). The molecule has 0 amide bonds. The lowest BCUT2D eigenvalue weighted by Crippen LogP contribution is -2.45. The van der Waals surface area contributed by atoms with Gasteiger partial charge in [-0.3, -0.25) is 9.69 Å². The maximum Gasteiger partial charge on any atom is 0.341 e. The number of halogens is 1. The molecule has 2 unspecified atom stereocenters. The van der Waals surface area contributed by atoms with Gasteiger partial charge in [0.25, 0.3) is 0 Å². The third-order valence-electron chi connectivity index (χ3n) is 6.37. The Morgan fingerprint density at radius 3 is 2.54 bits per heavy atom. The normalized spacial score (nSPS) is 24.3. The quantitative estimate of drug-likeness (QED) is 0.866. The van der Waals surface area contributed by atoms with E-state index in [0.717, 1.165) is 25.8 Å². The summed E-state index contributed by atoms with van der Waals surface area (Å²) in [5.41, 5.74) is -0.138. The van der Waals surface area contributed by atoms with Gasteiger partial charge in [0.15, 0.2) is 11.6 Å². The fourth-order valence-electron chi connectivity index (χ4n) is 4.84. The molecule has 0 spiro atoms. The number of likely N-dealkylation sites (N-methyl/N-ethyl adjacent to an activating group) is 1. The number of carbonyl (C=O) groups is 1. The molecule has 2 atom stereocenters. The van der Waals surface area contributed by atoms with E-state index in [-0.39, 0.29) is 23.0 Å². The van der Waals surface area contributed by atoms with E-state index >= 15 is 4.39 Å². The van der Waals surface area contributed by atoms with E-state index in [9.17, 15) is 14.7 Å². The van der Waals surface area contributed by atoms with Crippen LogP contribution in [0, 0.1) is 5.82 Å². The van der Waals surface area contributed by atoms with Gasteiger partial charge in [0, 0.05) is 37.4 Å². The molecule has 1 aromatic carbocycles. The molecule has 2 aliphatic heterocycles. The molecule has 2 bridgehead atoms. The molecular formula is C20H22FN3O4. The lowest BCUT2D eigenvalue weighted by atomic mass is 10.1. The van der Waals surface area contributed by atoms with Crippen molar-refractivity contribution in [2.75, 3.05) is 32.1 Å². The standard InChI is InChI=1S/C20H22FN3O4/c1-22-7-12-5-11(22)8-23(12)17-15(21)6-13-16(19(17)28-2)24(10-3-4-10)9-14(18(13)25)20(26)27/h6,9-12H,3-5,7-8H2,1-2H3,(H,26,27). The molecule has 3 aliphatic rings. The summed E-state index contributed by atoms with van der Waals surface area (Å²) < 4.78 is 22.7. The highest BCUT2D eigenvalue weighted by atomic mass is 19.1. The van der Waals surface area contributed by atoms with Crippen molar-refractivity contribution in [2.24, 2.45) is 0 Å². The Hall–Kier alpha value is -2.61. The van der Waals surface area contributed by atoms with Crippen LogP contribution in [0.2, 0.25) is 0 Å². The van der Waals surface area contributed by atoms with Crippen LogP contribution in [0.4, 0.5) is 10.1 Å². The Morgan fingerprint density at radius 1 is 1.25 bits per heavy atom. The lowest BCUT2D eigenvalue weighted by molar-refractivity contribution is 0.0695. The number of methoxy groups -OCH3 is 1. The van der Waals surface area contributed by atoms with Crippen molar-refractivity contribution in [3.05, 3.63) is 33.9 Å². The zero-order valence-corrected chi connectivity index (χ0v) is 15.8. The van der Waals surface area contributed by atoms with Crippen LogP contribution in [0.25, 0.3) is 10.9 Å². The molecule has 3 fully saturated rings. The second-order valence-corrected chi connectivity index (χ2v) is 8.09. The number of rotatable bonds is 4. The molecule has 1 aliphatic carbocycles. The summed E-state index contributed by atoms with van der Waals surface area (Å²) in [6.45, 7) is 1.57. The first-order valence-electron chi connectivity index (χ1n) is 9.56. The second-order valence-electron chi connectivity index (χ2n) is 8.09. The minimum absolute atomic E-state index is 0.0615. The summed E-state index contributed by atoms with van der Waals surface area (Å²) >= 11 is 0. The first-order valence-corrected chi connectivity index (χ1v) is 9.56. The molecule has 2 saturated heterocycles. The van der Waals surface area contributed by atoms with Gasteiger partial charge in [-0.1, -0.05) is 0 Å². The molecule has 148 valence electrons. The van der Waals surface area contributed by atoms with E-state index < -0.39 is 17.2 Å². The van der Waals surface area contributed by atoms with Crippen molar-refractivity contribution in [1.29, 1.82) is 0 Å². The Morgan fingerprint density at radius 2 is 2.00 bits per heavy atom. The predicted octanol–water partition coefficient (Wildman–Crippen LogP) is 2.07. The van der Waals surface area contributed by atoms with Gasteiger partial charge in [-0.05, 0) is 32.4 Å². The SMILES string of the molecule is COc1c(N2CC3CC2CN3C)c(F)cc2c(=O)c(C(=O)O)cn(C3CC3)c12. The molecular weight excluding hydrogens is 365 g/mol. The van der Waals surface area contributed by atoms with Crippen LogP contribution in [0.3, 0.4) is 0 Å². The zero-order valence-electron chi connectivity index (χ0n) is 15.8. The number of piperazine rings is 1. The smallest absolute Gasteiger partial charge is 0.341 e. The number of pyridine rings is 1. The largest absolute Gasteiger partial charge is 0.492 e. The Kier molecular flexibility index (Phi) is 3.71. The molecule has 28 heavy (non-hydrogen) atoms. The maximum atomic E-state index is 15.3. The fourth-order valence-corrected chi connectivity index (χ4v) is 4.84. The number of aromatic nitrogens is 1. The lowest BCUT2D eigenvalue weighted by Gasteiger charge is -2.35. The first-order chi connectivity index (χ1) is 13.4. The highest BCUT2D eigenvalue weighted by Crippen LogP contribution is 2.46. The first kappa shape index (κ1) is 17.5. The predicted molar refractivity (Wildman–Crippen MR) is 102 cm³/mol. The van der Waals surface area contributed by atoms with E-state index in [1.807, 2.05) is 4.90 Å². The van der Waals surface area contributed by atoms with Crippen LogP contribution >= 0.6 is 0 Å². The zero-order chi connectivity index (χ0) is 19.7. The Balaban J connectivity index is 1.79. The van der Waals surface area contributed by atoms with Crippen molar-refractivity contribution in [3.63, 3.8) is 0 Å². The summed E-state index contributed by atoms with van der Waals surface area (Å²) in [4.78, 5) is 28.6. The van der Waals surface area contributed by atoms with Gasteiger partial charge in [0.2, 0.25) is 5.43 Å². The number of nitrogens with zero attached hydrogens (tertiary/aromatic N) is 3. The van der Waals surface area contributed by atoms with E-state index in [0.29, 0.717) is 29.5 Å². The third-order valence-corrected chi connectivity index (χ3v) is 6.37. The molecule has 0 radical (unpaired) electrons. The summed E-state index contributed by atoms with van der Waals surface area (Å²) in [7, 11) is 3.55. The number of likely N-dealkylation sites (tertiary alicyclic amines) is 1. The average Bonchev–Trinajstić information content (AvgIpc) is 3.33. The van der Waals surface area contributed by atoms with Crippen molar-refractivity contribution < 1.29 is 19.0 Å². The Bertz CT molecular complexity index is 1060. The maximum absolute atomic E-state index is 15.3. The van der Waals surface area contributed by atoms with Gasteiger partial charge < -0.3 is 19.3 Å². The number of fused-ring (bicyclic) bond motifs is 3. The average molecular weight is 387 g/mol. The number of carboxylic acid groups (broad SMARTS) is 1. The fraction of sp³-hybridized carbons (Fsp3) is 0.500. The molecule has 1 N–H and O–H groups in total. The van der Waals surface area contributed by atoms with Gasteiger partial charge >= 0.3 is 5.97 Å². The van der Waals surface area contributed by atoms with Gasteiger partial charge in [-0.25, -0.2) is 9.18 Å². The van der Waals surface area contributed by atoms with Crippen molar-refractivity contribution in [1.82, 2.24) is 9.47 Å². The molecule has 1 aromatic heterocycles. The summed E-state index contributed by atoms with van der Waals surface area (Å²) in [5, 5.41) is 9.48. The van der Waals surface area contributed by atoms with Crippen LogP contribution in [-0.2, 0) is 0 Å². The van der Waals surface area contributed by atoms with E-state index in [1.165, 1.54) is 19.4 Å². The van der Waals surface area contributed by atoms with Crippen molar-refractivity contribution in [2.45, 2.75) is 37.4 Å². The second kappa shape index (κ2) is 5.94. The third kappa shape index (κ3) is 2.37. The molecule has 3 heterocycles. The van der Waals surface area contributed by atoms with E-state index in [2.05, 4.69) is 11.9 Å². The van der Waals surface area contributed by atoms with Crippen LogP contribution in [0.5, 0.6) is 5.75 Å². The minimum atomic E-state index is -1.30. The van der Waals surface area contributed by atoms with Gasteiger partial charge in [-0.2, -0.15) is 0 Å². The van der Waals surface area contributed by atoms with Crippen LogP contribution < -0.4 is 15.1 Å². The summed E-state index contributed by atoms with van der Waals surface area (Å²) in [6.07, 6.45) is 4.15. The van der Waals surface area contributed by atoms with Crippen molar-refractivity contribution >= 4 is 22.6 Å². The molecule has 8 heteroatoms. The van der Waals surface area contributed by atoms with Crippen molar-refractivity contribution in [3.8, 4) is 5.75 Å².